The third-order valence-electron chi connectivity index (χ3n) is 6.26. The van der Waals surface area contributed by atoms with Crippen LogP contribution in [0, 0.1) is 13.8 Å². The number of aromatic amines is 1. The average Bonchev–Trinajstić information content (AvgIpc) is 3.53. The highest BCUT2D eigenvalue weighted by atomic mass is 16.5. The summed E-state index contributed by atoms with van der Waals surface area (Å²) in [5, 5.41) is 3.98. The summed E-state index contributed by atoms with van der Waals surface area (Å²) in [7, 11) is 5.60. The van der Waals surface area contributed by atoms with Gasteiger partial charge in [0.05, 0.1) is 24.0 Å². The van der Waals surface area contributed by atoms with Crippen LogP contribution in [0.15, 0.2) is 83.2 Å². The highest BCUT2D eigenvalue weighted by Crippen LogP contribution is 2.29. The lowest BCUT2D eigenvalue weighted by molar-refractivity contribution is 0.254. The smallest absolute Gasteiger partial charge is 0.331 e. The molecule has 0 saturated carbocycles. The van der Waals surface area contributed by atoms with Crippen LogP contribution in [-0.4, -0.2) is 42.5 Å². The fourth-order valence-corrected chi connectivity index (χ4v) is 4.43. The number of hydrogen-bond donors (Lipinski definition) is 2. The standard InChI is InChI=1S/C29H29N5O2/c1-18-14-19(2)30-23(18)16-25-28(36-5)17-24(32-25)27-15-20-8-6-7-9-26(20)34(27)29(35)31-21-10-12-22(13-11-21)33(3)4/h6-17,30H,1-5H3,(H,31,35)/b25-16-. The number of methoxy groups -OCH3 is 1. The summed E-state index contributed by atoms with van der Waals surface area (Å²) < 4.78 is 7.32. The molecule has 0 atom stereocenters. The second-order valence-electron chi connectivity index (χ2n) is 9.08. The minimum atomic E-state index is -0.257. The van der Waals surface area contributed by atoms with Gasteiger partial charge in [0, 0.05) is 48.3 Å². The molecule has 7 nitrogen and oxygen atoms in total. The number of para-hydroxylation sites is 1. The van der Waals surface area contributed by atoms with Crippen molar-refractivity contribution in [1.29, 1.82) is 0 Å². The maximum Gasteiger partial charge on any atom is 0.331 e. The Hall–Kier alpha value is -4.52. The Labute approximate surface area is 210 Å². The summed E-state index contributed by atoms with van der Waals surface area (Å²) in [6.45, 7) is 4.08. The van der Waals surface area contributed by atoms with Gasteiger partial charge in [0.1, 0.15) is 11.5 Å². The number of carbonyl (C=O) groups is 1. The van der Waals surface area contributed by atoms with Crippen LogP contribution in [0.1, 0.15) is 22.6 Å². The molecule has 4 aromatic rings. The Kier molecular flexibility index (Phi) is 5.98. The zero-order chi connectivity index (χ0) is 25.4. The van der Waals surface area contributed by atoms with Crippen molar-refractivity contribution in [3.05, 3.63) is 101 Å². The number of nitrogens with zero attached hydrogens (tertiary/aromatic N) is 3. The SMILES string of the molecule is COC1=CC(c2cc3ccccc3n2C(=O)Nc2ccc(N(C)C)cc2)=N/C1=C\c1[nH]c(C)cc1C. The van der Waals surface area contributed by atoms with E-state index in [9.17, 15) is 4.79 Å². The molecule has 0 radical (unpaired) electrons. The Balaban J connectivity index is 1.56. The van der Waals surface area contributed by atoms with E-state index in [0.29, 0.717) is 28.5 Å². The van der Waals surface area contributed by atoms with Crippen molar-refractivity contribution in [1.82, 2.24) is 9.55 Å². The summed E-state index contributed by atoms with van der Waals surface area (Å²) in [5.74, 6) is 0.646. The quantitative estimate of drug-likeness (QED) is 0.363. The molecule has 0 saturated heterocycles. The number of nitrogens with one attached hydrogen (secondary N) is 2. The number of anilines is 2. The fraction of sp³-hybridized carbons (Fsp3) is 0.172. The van der Waals surface area contributed by atoms with Gasteiger partial charge >= 0.3 is 6.03 Å². The van der Waals surface area contributed by atoms with Crippen molar-refractivity contribution in [2.75, 3.05) is 31.4 Å². The Morgan fingerprint density at radius 3 is 2.50 bits per heavy atom. The first-order chi connectivity index (χ1) is 17.3. The van der Waals surface area contributed by atoms with E-state index in [0.717, 1.165) is 33.5 Å². The first-order valence-corrected chi connectivity index (χ1v) is 11.8. The van der Waals surface area contributed by atoms with Crippen LogP contribution in [-0.2, 0) is 4.74 Å². The summed E-state index contributed by atoms with van der Waals surface area (Å²) in [5.41, 5.74) is 7.83. The minimum absolute atomic E-state index is 0.257. The Bertz CT molecular complexity index is 1550. The lowest BCUT2D eigenvalue weighted by Gasteiger charge is -2.14. The van der Waals surface area contributed by atoms with Crippen molar-refractivity contribution in [2.45, 2.75) is 13.8 Å². The highest BCUT2D eigenvalue weighted by Gasteiger charge is 2.23. The molecule has 0 aliphatic carbocycles. The number of fused-ring (bicyclic) bond motifs is 1. The largest absolute Gasteiger partial charge is 0.494 e. The molecule has 1 amide bonds. The number of benzene rings is 2. The first kappa shape index (κ1) is 23.2. The number of rotatable bonds is 5. The van der Waals surface area contributed by atoms with Crippen LogP contribution < -0.4 is 10.2 Å². The zero-order valence-corrected chi connectivity index (χ0v) is 21.1. The summed E-state index contributed by atoms with van der Waals surface area (Å²) in [6, 6.07) is 19.4. The van der Waals surface area contributed by atoms with Gasteiger partial charge in [-0.05, 0) is 68.0 Å². The molecule has 0 unspecified atom stereocenters. The van der Waals surface area contributed by atoms with E-state index in [-0.39, 0.29) is 6.03 Å². The third-order valence-corrected chi connectivity index (χ3v) is 6.26. The number of carbonyl (C=O) groups excluding carboxylic acids is 1. The normalized spacial score (nSPS) is 14.2. The van der Waals surface area contributed by atoms with Gasteiger partial charge < -0.3 is 19.9 Å². The van der Waals surface area contributed by atoms with E-state index >= 15 is 0 Å². The van der Waals surface area contributed by atoms with Crippen molar-refractivity contribution < 1.29 is 9.53 Å². The van der Waals surface area contributed by atoms with Crippen LogP contribution >= 0.6 is 0 Å². The number of aromatic nitrogens is 2. The van der Waals surface area contributed by atoms with E-state index in [1.165, 1.54) is 0 Å². The number of aryl methyl sites for hydroxylation is 2. The van der Waals surface area contributed by atoms with Gasteiger partial charge in [0.2, 0.25) is 0 Å². The third kappa shape index (κ3) is 4.31. The lowest BCUT2D eigenvalue weighted by Crippen LogP contribution is -2.23. The van der Waals surface area contributed by atoms with Gasteiger partial charge in [0.15, 0.2) is 0 Å². The van der Waals surface area contributed by atoms with Gasteiger partial charge in [-0.15, -0.1) is 0 Å². The second-order valence-corrected chi connectivity index (χ2v) is 9.08. The van der Waals surface area contributed by atoms with E-state index in [1.807, 2.05) is 92.7 Å². The zero-order valence-electron chi connectivity index (χ0n) is 21.1. The average molecular weight is 480 g/mol. The number of aliphatic imine (C=N–C) groups is 1. The Morgan fingerprint density at radius 2 is 1.83 bits per heavy atom. The van der Waals surface area contributed by atoms with E-state index in [4.69, 9.17) is 9.73 Å². The molecule has 2 aromatic carbocycles. The maximum absolute atomic E-state index is 13.6. The molecule has 2 N–H and O–H groups in total. The maximum atomic E-state index is 13.6. The molecule has 0 fully saturated rings. The molecule has 7 heteroatoms. The van der Waals surface area contributed by atoms with Crippen LogP contribution in [0.3, 0.4) is 0 Å². The van der Waals surface area contributed by atoms with Gasteiger partial charge in [-0.25, -0.2) is 9.79 Å². The number of ether oxygens (including phenoxy) is 1. The van der Waals surface area contributed by atoms with Crippen LogP contribution in [0.4, 0.5) is 16.2 Å². The molecule has 1 aliphatic heterocycles. The monoisotopic (exact) mass is 479 g/mol. The van der Waals surface area contributed by atoms with Gasteiger partial charge in [-0.1, -0.05) is 18.2 Å². The van der Waals surface area contributed by atoms with Crippen molar-refractivity contribution in [3.8, 4) is 0 Å². The molecule has 2 aromatic heterocycles. The van der Waals surface area contributed by atoms with Crippen molar-refractivity contribution >= 4 is 40.1 Å². The van der Waals surface area contributed by atoms with Crippen LogP contribution in [0.2, 0.25) is 0 Å². The van der Waals surface area contributed by atoms with E-state index in [1.54, 1.807) is 11.7 Å². The molecule has 1 aliphatic rings. The summed E-state index contributed by atoms with van der Waals surface area (Å²) in [6.07, 6.45) is 3.85. The van der Waals surface area contributed by atoms with Crippen molar-refractivity contribution in [3.63, 3.8) is 0 Å². The van der Waals surface area contributed by atoms with Gasteiger partial charge in [0.25, 0.3) is 0 Å². The van der Waals surface area contributed by atoms with E-state index in [2.05, 4.69) is 23.3 Å². The second kappa shape index (κ2) is 9.26. The lowest BCUT2D eigenvalue weighted by atomic mass is 10.2. The molecule has 0 spiro atoms. The molecule has 0 bridgehead atoms. The van der Waals surface area contributed by atoms with Crippen LogP contribution in [0.5, 0.6) is 0 Å². The molecule has 36 heavy (non-hydrogen) atoms. The van der Waals surface area contributed by atoms with Gasteiger partial charge in [-0.2, -0.15) is 0 Å². The number of hydrogen-bond acceptors (Lipinski definition) is 4. The van der Waals surface area contributed by atoms with Crippen molar-refractivity contribution in [2.24, 2.45) is 4.99 Å². The number of allylic oxidation sites excluding steroid dienone is 1. The number of H-pyrrole nitrogens is 1. The topological polar surface area (TPSA) is 74.7 Å². The number of amides is 1. The van der Waals surface area contributed by atoms with Gasteiger partial charge in [-0.3, -0.25) is 4.57 Å². The molecule has 3 heterocycles. The predicted molar refractivity (Wildman–Crippen MR) is 147 cm³/mol. The fourth-order valence-electron chi connectivity index (χ4n) is 4.43. The van der Waals surface area contributed by atoms with E-state index < -0.39 is 0 Å². The van der Waals surface area contributed by atoms with Crippen LogP contribution in [0.25, 0.3) is 17.0 Å². The highest BCUT2D eigenvalue weighted by molar-refractivity contribution is 6.16. The summed E-state index contributed by atoms with van der Waals surface area (Å²) in [4.78, 5) is 23.8. The first-order valence-electron chi connectivity index (χ1n) is 11.8. The molecular formula is C29H29N5O2. The summed E-state index contributed by atoms with van der Waals surface area (Å²) >= 11 is 0. The molecule has 5 rings (SSSR count). The Morgan fingerprint density at radius 1 is 1.08 bits per heavy atom. The minimum Gasteiger partial charge on any atom is -0.494 e. The molecule has 182 valence electrons. The predicted octanol–water partition coefficient (Wildman–Crippen LogP) is 6.11. The molecular weight excluding hydrogens is 450 g/mol.